The van der Waals surface area contributed by atoms with Crippen LogP contribution in [0.5, 0.6) is 0 Å². The highest BCUT2D eigenvalue weighted by atomic mass is 35.5. The summed E-state index contributed by atoms with van der Waals surface area (Å²) < 4.78 is 0. The van der Waals surface area contributed by atoms with Gasteiger partial charge in [0.25, 0.3) is 5.56 Å². The molecule has 0 amide bonds. The highest BCUT2D eigenvalue weighted by Gasteiger charge is 2.41. The summed E-state index contributed by atoms with van der Waals surface area (Å²) in [5.41, 5.74) is 11.0. The molecule has 1 aromatic carbocycles. The van der Waals surface area contributed by atoms with E-state index < -0.39 is 0 Å². The van der Waals surface area contributed by atoms with Crippen molar-refractivity contribution >= 4 is 22.5 Å². The van der Waals surface area contributed by atoms with Crippen LogP contribution >= 0.6 is 11.6 Å². The van der Waals surface area contributed by atoms with Gasteiger partial charge in [-0.15, -0.1) is 0 Å². The minimum Gasteiger partial charge on any atom is -0.330 e. The number of aromatic nitrogens is 2. The first-order valence-corrected chi connectivity index (χ1v) is 9.85. The predicted octanol–water partition coefficient (Wildman–Crippen LogP) is 4.09. The second kappa shape index (κ2) is 6.77. The van der Waals surface area contributed by atoms with Gasteiger partial charge in [0, 0.05) is 45.9 Å². The molecule has 2 atom stereocenters. The Hall–Kier alpha value is -2.17. The molecule has 27 heavy (non-hydrogen) atoms. The molecule has 3 aromatic rings. The summed E-state index contributed by atoms with van der Waals surface area (Å²) in [5.74, 6) is 0.204. The molecule has 2 heterocycles. The second-order valence-corrected chi connectivity index (χ2v) is 8.06. The molecule has 0 radical (unpaired) electrons. The van der Waals surface area contributed by atoms with E-state index in [9.17, 15) is 4.79 Å². The number of halogens is 1. The molecular weight excluding hydrogens is 358 g/mol. The molecular formula is C22H24ClN3O. The fraction of sp³-hybridized carbons (Fsp3) is 0.364. The van der Waals surface area contributed by atoms with E-state index in [1.54, 1.807) is 6.20 Å². The fourth-order valence-corrected chi connectivity index (χ4v) is 4.65. The molecule has 140 valence electrons. The van der Waals surface area contributed by atoms with Gasteiger partial charge in [-0.05, 0) is 54.0 Å². The van der Waals surface area contributed by atoms with Crippen molar-refractivity contribution in [2.45, 2.75) is 44.4 Å². The Morgan fingerprint density at radius 1 is 1.33 bits per heavy atom. The first-order chi connectivity index (χ1) is 13.0. The number of fused-ring (bicyclic) bond motifs is 2. The zero-order chi connectivity index (χ0) is 19.2. The van der Waals surface area contributed by atoms with Crippen molar-refractivity contribution < 1.29 is 0 Å². The summed E-state index contributed by atoms with van der Waals surface area (Å²) >= 11 is 6.39. The molecule has 1 aliphatic rings. The molecule has 4 nitrogen and oxygen atoms in total. The summed E-state index contributed by atoms with van der Waals surface area (Å²) in [6.45, 7) is 4.68. The van der Waals surface area contributed by atoms with Crippen LogP contribution in [0.1, 0.15) is 48.6 Å². The first kappa shape index (κ1) is 18.2. The molecule has 0 bridgehead atoms. The standard InChI is InChI=1S/C22H24ClN3O/c1-3-13-10-14-4-5-15(11-19(14)26-21(13)27)22(2,12-24)17-7-6-16-18(23)8-9-25-20(16)17/h4-5,8-11,17H,3,6-7,12,24H2,1-2H3,(H,26,27). The quantitative estimate of drug-likeness (QED) is 0.715. The number of aromatic amines is 1. The second-order valence-electron chi connectivity index (χ2n) is 7.65. The Labute approximate surface area is 163 Å². The lowest BCUT2D eigenvalue weighted by atomic mass is 9.70. The number of H-pyrrole nitrogens is 1. The van der Waals surface area contributed by atoms with Crippen molar-refractivity contribution in [1.29, 1.82) is 0 Å². The lowest BCUT2D eigenvalue weighted by molar-refractivity contribution is 0.377. The van der Waals surface area contributed by atoms with E-state index in [2.05, 4.69) is 35.1 Å². The molecule has 1 aliphatic carbocycles. The topological polar surface area (TPSA) is 71.8 Å². The monoisotopic (exact) mass is 381 g/mol. The molecule has 4 rings (SSSR count). The van der Waals surface area contributed by atoms with Crippen molar-refractivity contribution in [2.75, 3.05) is 6.54 Å². The number of aryl methyl sites for hydroxylation is 1. The number of hydrogen-bond acceptors (Lipinski definition) is 3. The molecule has 0 aliphatic heterocycles. The number of rotatable bonds is 4. The molecule has 0 spiro atoms. The van der Waals surface area contributed by atoms with Crippen LogP contribution < -0.4 is 11.3 Å². The molecule has 2 unspecified atom stereocenters. The van der Waals surface area contributed by atoms with Gasteiger partial charge in [-0.1, -0.05) is 37.6 Å². The molecule has 5 heteroatoms. The molecule has 2 aromatic heterocycles. The van der Waals surface area contributed by atoms with E-state index in [1.165, 1.54) is 0 Å². The predicted molar refractivity (Wildman–Crippen MR) is 111 cm³/mol. The van der Waals surface area contributed by atoms with Crippen molar-refractivity contribution in [3.8, 4) is 0 Å². The Kier molecular flexibility index (Phi) is 4.57. The minimum atomic E-state index is -0.280. The lowest BCUT2D eigenvalue weighted by Crippen LogP contribution is -2.37. The zero-order valence-corrected chi connectivity index (χ0v) is 16.4. The number of hydrogen-bond donors (Lipinski definition) is 2. The highest BCUT2D eigenvalue weighted by molar-refractivity contribution is 6.31. The Balaban J connectivity index is 1.83. The van der Waals surface area contributed by atoms with Crippen LogP contribution in [0.3, 0.4) is 0 Å². The molecule has 0 saturated heterocycles. The van der Waals surface area contributed by atoms with Gasteiger partial charge < -0.3 is 10.7 Å². The van der Waals surface area contributed by atoms with E-state index in [4.69, 9.17) is 17.3 Å². The van der Waals surface area contributed by atoms with Gasteiger partial charge in [-0.2, -0.15) is 0 Å². The number of nitrogens with two attached hydrogens (primary N) is 1. The van der Waals surface area contributed by atoms with Crippen LogP contribution in [0.2, 0.25) is 5.02 Å². The molecule has 0 fully saturated rings. The van der Waals surface area contributed by atoms with Gasteiger partial charge >= 0.3 is 0 Å². The summed E-state index contributed by atoms with van der Waals surface area (Å²) in [7, 11) is 0. The third kappa shape index (κ3) is 2.88. The maximum atomic E-state index is 12.2. The average Bonchev–Trinajstić information content (AvgIpc) is 3.12. The van der Waals surface area contributed by atoms with Crippen molar-refractivity contribution in [3.05, 3.63) is 74.3 Å². The van der Waals surface area contributed by atoms with E-state index in [0.29, 0.717) is 6.54 Å². The summed E-state index contributed by atoms with van der Waals surface area (Å²) in [6, 6.07) is 10.1. The largest absolute Gasteiger partial charge is 0.330 e. The third-order valence-corrected chi connectivity index (χ3v) is 6.56. The van der Waals surface area contributed by atoms with Gasteiger partial charge in [0.05, 0.1) is 0 Å². The van der Waals surface area contributed by atoms with Crippen LogP contribution in [0.25, 0.3) is 10.9 Å². The minimum absolute atomic E-state index is 0.0173. The van der Waals surface area contributed by atoms with Crippen LogP contribution in [0.15, 0.2) is 41.3 Å². The number of benzene rings is 1. The SMILES string of the molecule is CCc1cc2ccc(C(C)(CN)C3CCc4c(Cl)ccnc43)cc2[nH]c1=O. The number of pyridine rings is 2. The van der Waals surface area contributed by atoms with Crippen LogP contribution in [-0.4, -0.2) is 16.5 Å². The zero-order valence-electron chi connectivity index (χ0n) is 15.7. The van der Waals surface area contributed by atoms with Gasteiger partial charge in [0.15, 0.2) is 0 Å². The summed E-state index contributed by atoms with van der Waals surface area (Å²) in [4.78, 5) is 19.9. The van der Waals surface area contributed by atoms with Gasteiger partial charge in [0.2, 0.25) is 0 Å². The Morgan fingerprint density at radius 2 is 2.15 bits per heavy atom. The van der Waals surface area contributed by atoms with Crippen LogP contribution in [0, 0.1) is 0 Å². The summed E-state index contributed by atoms with van der Waals surface area (Å²) in [6.07, 6.45) is 4.40. The summed E-state index contributed by atoms with van der Waals surface area (Å²) in [5, 5.41) is 1.83. The van der Waals surface area contributed by atoms with Crippen LogP contribution in [-0.2, 0) is 18.3 Å². The lowest BCUT2D eigenvalue weighted by Gasteiger charge is -2.35. The van der Waals surface area contributed by atoms with E-state index in [0.717, 1.165) is 57.6 Å². The van der Waals surface area contributed by atoms with Crippen LogP contribution in [0.4, 0.5) is 0 Å². The van der Waals surface area contributed by atoms with Crippen molar-refractivity contribution in [3.63, 3.8) is 0 Å². The Bertz CT molecular complexity index is 1070. The van der Waals surface area contributed by atoms with Gasteiger partial charge in [-0.3, -0.25) is 9.78 Å². The van der Waals surface area contributed by atoms with Gasteiger partial charge in [0.1, 0.15) is 0 Å². The van der Waals surface area contributed by atoms with Crippen molar-refractivity contribution in [2.24, 2.45) is 5.73 Å². The number of nitrogens with one attached hydrogen (secondary N) is 1. The highest BCUT2D eigenvalue weighted by Crippen LogP contribution is 2.47. The molecule has 3 N–H and O–H groups in total. The first-order valence-electron chi connectivity index (χ1n) is 9.47. The average molecular weight is 382 g/mol. The normalized spacial score (nSPS) is 18.4. The maximum absolute atomic E-state index is 12.2. The molecule has 0 saturated carbocycles. The van der Waals surface area contributed by atoms with Crippen molar-refractivity contribution in [1.82, 2.24) is 9.97 Å². The Morgan fingerprint density at radius 3 is 2.89 bits per heavy atom. The number of nitrogens with zero attached hydrogens (tertiary/aromatic N) is 1. The smallest absolute Gasteiger partial charge is 0.251 e. The maximum Gasteiger partial charge on any atom is 0.251 e. The van der Waals surface area contributed by atoms with E-state index in [-0.39, 0.29) is 16.9 Å². The van der Waals surface area contributed by atoms with E-state index >= 15 is 0 Å². The van der Waals surface area contributed by atoms with E-state index in [1.807, 2.05) is 19.1 Å². The third-order valence-electron chi connectivity index (χ3n) is 6.20. The fourth-order valence-electron chi connectivity index (χ4n) is 4.40. The van der Waals surface area contributed by atoms with Gasteiger partial charge in [-0.25, -0.2) is 0 Å².